The van der Waals surface area contributed by atoms with Gasteiger partial charge in [-0.15, -0.1) is 0 Å². The Morgan fingerprint density at radius 2 is 1.79 bits per heavy atom. The zero-order valence-electron chi connectivity index (χ0n) is 8.70. The molecule has 0 fully saturated rings. The van der Waals surface area contributed by atoms with Crippen LogP contribution < -0.4 is 0 Å². The Bertz CT molecular complexity index is 424. The molecule has 0 saturated heterocycles. The summed E-state index contributed by atoms with van der Waals surface area (Å²) in [5.74, 6) is 0. The summed E-state index contributed by atoms with van der Waals surface area (Å²) in [7, 11) is -0.944. The second-order valence-electron chi connectivity index (χ2n) is 4.57. The first-order valence-corrected chi connectivity index (χ1v) is 5.88. The lowest BCUT2D eigenvalue weighted by molar-refractivity contribution is 0.531. The molecule has 0 aromatic heterocycles. The van der Waals surface area contributed by atoms with Crippen molar-refractivity contribution in [2.45, 2.75) is 25.7 Å². The van der Waals surface area contributed by atoms with Gasteiger partial charge < -0.3 is 0 Å². The third-order valence-corrected chi connectivity index (χ3v) is 4.25. The molecule has 0 N–H and O–H groups in total. The number of hydrogen-bond donors (Lipinski definition) is 0. The van der Waals surface area contributed by atoms with Gasteiger partial charge in [0.25, 0.3) is 0 Å². The molecule has 1 unspecified atom stereocenters. The molecule has 0 saturated carbocycles. The van der Waals surface area contributed by atoms with Crippen LogP contribution in [0.3, 0.4) is 0 Å². The first-order chi connectivity index (χ1) is 6.50. The third kappa shape index (κ3) is 1.44. The molecule has 1 heterocycles. The van der Waals surface area contributed by atoms with Crippen molar-refractivity contribution in [2.75, 3.05) is 0 Å². The number of hydrogen-bond acceptors (Lipinski definition) is 1. The summed E-state index contributed by atoms with van der Waals surface area (Å²) in [5, 5.41) is 0. The number of rotatable bonds is 0. The normalized spacial score (nSPS) is 20.5. The summed E-state index contributed by atoms with van der Waals surface area (Å²) < 4.78 is 12.1. The van der Waals surface area contributed by atoms with Crippen LogP contribution in [0.4, 0.5) is 0 Å². The molecule has 14 heavy (non-hydrogen) atoms. The summed E-state index contributed by atoms with van der Waals surface area (Å²) in [6, 6.07) is 7.89. The smallest absolute Gasteiger partial charge is 0.0820 e. The molecule has 1 aromatic rings. The van der Waals surface area contributed by atoms with Gasteiger partial charge in [-0.25, -0.2) is 4.21 Å². The Morgan fingerprint density at radius 1 is 1.14 bits per heavy atom. The lowest BCUT2D eigenvalue weighted by Crippen LogP contribution is -2.11. The maximum atomic E-state index is 12.1. The highest BCUT2D eigenvalue weighted by atomic mass is 32.2. The molecule has 74 valence electrons. The molecule has 0 bridgehead atoms. The SMILES string of the molecule is CC(C)(C)C1=Cc2ccccc2S1=O. The van der Waals surface area contributed by atoms with Crippen LogP contribution in [0.1, 0.15) is 26.3 Å². The molecule has 0 aliphatic carbocycles. The van der Waals surface area contributed by atoms with Gasteiger partial charge in [0.2, 0.25) is 0 Å². The summed E-state index contributed by atoms with van der Waals surface area (Å²) in [4.78, 5) is 1.98. The summed E-state index contributed by atoms with van der Waals surface area (Å²) in [6.45, 7) is 6.30. The molecule has 1 nitrogen and oxygen atoms in total. The van der Waals surface area contributed by atoms with Crippen LogP contribution in [-0.4, -0.2) is 4.21 Å². The van der Waals surface area contributed by atoms with Crippen molar-refractivity contribution < 1.29 is 4.21 Å². The first-order valence-electron chi connectivity index (χ1n) is 4.73. The van der Waals surface area contributed by atoms with Gasteiger partial charge >= 0.3 is 0 Å². The predicted octanol–water partition coefficient (Wildman–Crippen LogP) is 3.19. The van der Waals surface area contributed by atoms with Crippen molar-refractivity contribution in [3.8, 4) is 0 Å². The summed E-state index contributed by atoms with van der Waals surface area (Å²) >= 11 is 0. The van der Waals surface area contributed by atoms with E-state index >= 15 is 0 Å². The van der Waals surface area contributed by atoms with E-state index in [1.807, 2.05) is 24.3 Å². The van der Waals surface area contributed by atoms with E-state index < -0.39 is 10.8 Å². The summed E-state index contributed by atoms with van der Waals surface area (Å²) in [5.41, 5.74) is 1.10. The predicted molar refractivity (Wildman–Crippen MR) is 60.3 cm³/mol. The quantitative estimate of drug-likeness (QED) is 0.637. The van der Waals surface area contributed by atoms with Gasteiger partial charge in [-0.1, -0.05) is 39.0 Å². The van der Waals surface area contributed by atoms with E-state index in [0.29, 0.717) is 0 Å². The van der Waals surface area contributed by atoms with Crippen molar-refractivity contribution in [3.05, 3.63) is 34.7 Å². The minimum absolute atomic E-state index is 0.0100. The maximum Gasteiger partial charge on any atom is 0.0820 e. The molecule has 1 aliphatic heterocycles. The molecule has 1 aromatic carbocycles. The van der Waals surface area contributed by atoms with E-state index in [1.54, 1.807) is 0 Å². The highest BCUT2D eigenvalue weighted by Crippen LogP contribution is 2.39. The van der Waals surface area contributed by atoms with Crippen molar-refractivity contribution >= 4 is 16.9 Å². The molecule has 2 rings (SSSR count). The molecule has 1 atom stereocenters. The largest absolute Gasteiger partial charge is 0.249 e. The van der Waals surface area contributed by atoms with Crippen molar-refractivity contribution in [1.29, 1.82) is 0 Å². The van der Waals surface area contributed by atoms with Gasteiger partial charge in [-0.3, -0.25) is 0 Å². The monoisotopic (exact) mass is 206 g/mol. The van der Waals surface area contributed by atoms with Crippen LogP contribution in [0.15, 0.2) is 34.1 Å². The van der Waals surface area contributed by atoms with Gasteiger partial charge in [-0.05, 0) is 23.1 Å². The zero-order valence-corrected chi connectivity index (χ0v) is 9.52. The van der Waals surface area contributed by atoms with Crippen LogP contribution in [0.25, 0.3) is 6.08 Å². The molecule has 0 radical (unpaired) electrons. The van der Waals surface area contributed by atoms with E-state index in [0.717, 1.165) is 15.4 Å². The Kier molecular flexibility index (Phi) is 2.11. The average molecular weight is 206 g/mol. The number of fused-ring (bicyclic) bond motifs is 1. The van der Waals surface area contributed by atoms with E-state index in [-0.39, 0.29) is 5.41 Å². The number of allylic oxidation sites excluding steroid dienone is 1. The minimum Gasteiger partial charge on any atom is -0.249 e. The molecule has 2 heteroatoms. The van der Waals surface area contributed by atoms with Crippen LogP contribution in [0.2, 0.25) is 0 Å². The molecule has 0 spiro atoms. The van der Waals surface area contributed by atoms with Crippen LogP contribution in [-0.2, 0) is 10.8 Å². The van der Waals surface area contributed by atoms with Crippen LogP contribution >= 0.6 is 0 Å². The fourth-order valence-corrected chi connectivity index (χ4v) is 3.15. The third-order valence-electron chi connectivity index (χ3n) is 2.34. The van der Waals surface area contributed by atoms with Gasteiger partial charge in [0.05, 0.1) is 15.7 Å². The highest BCUT2D eigenvalue weighted by molar-refractivity contribution is 7.89. The Balaban J connectivity index is 2.53. The minimum atomic E-state index is -0.944. The highest BCUT2D eigenvalue weighted by Gasteiger charge is 2.29. The fourth-order valence-electron chi connectivity index (χ4n) is 1.58. The topological polar surface area (TPSA) is 17.1 Å². The van der Waals surface area contributed by atoms with Gasteiger partial charge in [0, 0.05) is 4.91 Å². The van der Waals surface area contributed by atoms with Crippen molar-refractivity contribution in [1.82, 2.24) is 0 Å². The van der Waals surface area contributed by atoms with E-state index in [1.165, 1.54) is 0 Å². The average Bonchev–Trinajstić information content (AvgIpc) is 2.44. The standard InChI is InChI=1S/C12H14OS/c1-12(2,3)11-8-9-6-4-5-7-10(9)14(11)13/h4-8H,1-3H3. The fraction of sp³-hybridized carbons (Fsp3) is 0.333. The lowest BCUT2D eigenvalue weighted by Gasteiger charge is -2.18. The summed E-state index contributed by atoms with van der Waals surface area (Å²) in [6.07, 6.45) is 2.06. The van der Waals surface area contributed by atoms with Gasteiger partial charge in [0.15, 0.2) is 0 Å². The molecular formula is C12H14OS. The lowest BCUT2D eigenvalue weighted by atomic mass is 9.95. The second-order valence-corrected chi connectivity index (χ2v) is 5.98. The first kappa shape index (κ1) is 9.66. The van der Waals surface area contributed by atoms with E-state index in [4.69, 9.17) is 0 Å². The Labute approximate surface area is 87.3 Å². The van der Waals surface area contributed by atoms with E-state index in [9.17, 15) is 4.21 Å². The Hall–Kier alpha value is -0.890. The molecular weight excluding hydrogens is 192 g/mol. The van der Waals surface area contributed by atoms with Crippen molar-refractivity contribution in [2.24, 2.45) is 5.41 Å². The van der Waals surface area contributed by atoms with Crippen molar-refractivity contribution in [3.63, 3.8) is 0 Å². The van der Waals surface area contributed by atoms with Gasteiger partial charge in [-0.2, -0.15) is 0 Å². The van der Waals surface area contributed by atoms with Crippen LogP contribution in [0, 0.1) is 5.41 Å². The van der Waals surface area contributed by atoms with Crippen LogP contribution in [0.5, 0.6) is 0 Å². The second kappa shape index (κ2) is 3.06. The molecule has 0 amide bonds. The van der Waals surface area contributed by atoms with E-state index in [2.05, 4.69) is 26.8 Å². The maximum absolute atomic E-state index is 12.1. The molecule has 1 aliphatic rings. The van der Waals surface area contributed by atoms with Gasteiger partial charge in [0.1, 0.15) is 0 Å². The zero-order chi connectivity index (χ0) is 10.3. The number of benzene rings is 1. The Morgan fingerprint density at radius 3 is 2.36 bits per heavy atom.